The summed E-state index contributed by atoms with van der Waals surface area (Å²) in [4.78, 5) is 2.28. The lowest BCUT2D eigenvalue weighted by Gasteiger charge is -2.31. The van der Waals surface area contributed by atoms with E-state index in [4.69, 9.17) is 0 Å². The van der Waals surface area contributed by atoms with Crippen LogP contribution in [-0.4, -0.2) is 54.2 Å². The molecule has 20 heavy (non-hydrogen) atoms. The van der Waals surface area contributed by atoms with Crippen LogP contribution in [0, 0.1) is 0 Å². The summed E-state index contributed by atoms with van der Waals surface area (Å²) in [6, 6.07) is 0.327. The van der Waals surface area contributed by atoms with Crippen LogP contribution in [0.25, 0.3) is 0 Å². The van der Waals surface area contributed by atoms with Gasteiger partial charge in [0.2, 0.25) is 0 Å². The summed E-state index contributed by atoms with van der Waals surface area (Å²) in [5.41, 5.74) is 0. The van der Waals surface area contributed by atoms with Gasteiger partial charge in [-0.1, -0.05) is 12.8 Å². The zero-order chi connectivity index (χ0) is 15.4. The summed E-state index contributed by atoms with van der Waals surface area (Å²) in [6.45, 7) is 8.65. The van der Waals surface area contributed by atoms with E-state index in [9.17, 15) is 13.5 Å². The van der Waals surface area contributed by atoms with Crippen LogP contribution >= 0.6 is 0 Å². The van der Waals surface area contributed by atoms with Crippen LogP contribution in [0.3, 0.4) is 0 Å². The number of likely N-dealkylation sites (tertiary alicyclic amines) is 1. The molecular weight excluding hydrogens is 274 g/mol. The third-order valence-corrected chi connectivity index (χ3v) is 6.78. The van der Waals surface area contributed by atoms with E-state index in [1.165, 1.54) is 12.8 Å². The number of aliphatic hydroxyl groups excluding tert-OH is 1. The average Bonchev–Trinajstić information content (AvgIpc) is 2.50. The zero-order valence-corrected chi connectivity index (χ0v) is 14.2. The topological polar surface area (TPSA) is 57.6 Å². The number of hydrogen-bond donors (Lipinski definition) is 1. The molecule has 1 heterocycles. The summed E-state index contributed by atoms with van der Waals surface area (Å²) >= 11 is 0. The molecular formula is C15H31NO3S. The molecule has 0 aliphatic carbocycles. The third kappa shape index (κ3) is 5.34. The van der Waals surface area contributed by atoms with Crippen LogP contribution in [-0.2, 0) is 9.84 Å². The van der Waals surface area contributed by atoms with Gasteiger partial charge in [-0.05, 0) is 53.5 Å². The fraction of sp³-hybridized carbons (Fsp3) is 1.00. The van der Waals surface area contributed by atoms with Crippen LogP contribution in [0.5, 0.6) is 0 Å². The number of hydrogen-bond acceptors (Lipinski definition) is 4. The van der Waals surface area contributed by atoms with Gasteiger partial charge in [0.15, 0.2) is 9.84 Å². The van der Waals surface area contributed by atoms with Crippen molar-refractivity contribution in [1.82, 2.24) is 4.90 Å². The number of aliphatic hydroxyl groups is 1. The molecule has 0 bridgehead atoms. The van der Waals surface area contributed by atoms with Gasteiger partial charge >= 0.3 is 0 Å². The summed E-state index contributed by atoms with van der Waals surface area (Å²) in [7, 11) is -3.07. The standard InChI is InChI=1S/C15H31NO3S/c1-13(17)12-14-8-6-5-7-9-16(14)10-11-20(18,19)15(2,3)4/h13-14,17H,5-12H2,1-4H3. The minimum atomic E-state index is -3.07. The Labute approximate surface area is 124 Å². The monoisotopic (exact) mass is 305 g/mol. The second-order valence-electron chi connectivity index (χ2n) is 7.06. The van der Waals surface area contributed by atoms with Crippen molar-refractivity contribution in [1.29, 1.82) is 0 Å². The highest BCUT2D eigenvalue weighted by atomic mass is 32.2. The van der Waals surface area contributed by atoms with Crippen LogP contribution in [0.1, 0.15) is 59.8 Å². The van der Waals surface area contributed by atoms with E-state index in [0.717, 1.165) is 25.8 Å². The Balaban J connectivity index is 2.66. The van der Waals surface area contributed by atoms with E-state index in [1.807, 2.05) is 6.92 Å². The minimum Gasteiger partial charge on any atom is -0.393 e. The van der Waals surface area contributed by atoms with Gasteiger partial charge < -0.3 is 5.11 Å². The van der Waals surface area contributed by atoms with E-state index >= 15 is 0 Å². The smallest absolute Gasteiger partial charge is 0.156 e. The summed E-state index contributed by atoms with van der Waals surface area (Å²) in [5, 5.41) is 9.63. The molecule has 4 nitrogen and oxygen atoms in total. The van der Waals surface area contributed by atoms with Crippen molar-refractivity contribution < 1.29 is 13.5 Å². The molecule has 0 aromatic rings. The van der Waals surface area contributed by atoms with E-state index in [0.29, 0.717) is 12.6 Å². The Morgan fingerprint density at radius 3 is 2.45 bits per heavy atom. The molecule has 0 saturated carbocycles. The maximum Gasteiger partial charge on any atom is 0.156 e. The quantitative estimate of drug-likeness (QED) is 0.846. The molecule has 1 aliphatic heterocycles. The molecule has 0 aromatic heterocycles. The Hall–Kier alpha value is -0.130. The van der Waals surface area contributed by atoms with Gasteiger partial charge in [0.25, 0.3) is 0 Å². The van der Waals surface area contributed by atoms with Gasteiger partial charge in [-0.25, -0.2) is 8.42 Å². The van der Waals surface area contributed by atoms with E-state index in [2.05, 4.69) is 4.90 Å². The van der Waals surface area contributed by atoms with Crippen molar-refractivity contribution in [3.05, 3.63) is 0 Å². The molecule has 1 aliphatic rings. The lowest BCUT2D eigenvalue weighted by Crippen LogP contribution is -2.42. The fourth-order valence-electron chi connectivity index (χ4n) is 2.74. The normalized spacial score (nSPS) is 24.4. The van der Waals surface area contributed by atoms with Crippen molar-refractivity contribution in [3.63, 3.8) is 0 Å². The van der Waals surface area contributed by atoms with Gasteiger partial charge in [-0.2, -0.15) is 0 Å². The highest BCUT2D eigenvalue weighted by Gasteiger charge is 2.30. The van der Waals surface area contributed by atoms with Crippen LogP contribution < -0.4 is 0 Å². The van der Waals surface area contributed by atoms with Crippen LogP contribution in [0.2, 0.25) is 0 Å². The molecule has 1 fully saturated rings. The van der Waals surface area contributed by atoms with Crippen molar-refractivity contribution in [2.75, 3.05) is 18.8 Å². The van der Waals surface area contributed by atoms with Gasteiger partial charge in [0.05, 0.1) is 16.6 Å². The first-order valence-electron chi connectivity index (χ1n) is 7.78. The average molecular weight is 305 g/mol. The molecule has 1 rings (SSSR count). The molecule has 0 spiro atoms. The Bertz CT molecular complexity index is 384. The lowest BCUT2D eigenvalue weighted by molar-refractivity contribution is 0.116. The van der Waals surface area contributed by atoms with Crippen molar-refractivity contribution in [2.45, 2.75) is 76.7 Å². The predicted molar refractivity (Wildman–Crippen MR) is 83.7 cm³/mol. The zero-order valence-electron chi connectivity index (χ0n) is 13.4. The number of nitrogens with zero attached hydrogens (tertiary/aromatic N) is 1. The third-order valence-electron chi connectivity index (χ3n) is 4.19. The Morgan fingerprint density at radius 1 is 1.25 bits per heavy atom. The molecule has 120 valence electrons. The number of rotatable bonds is 5. The van der Waals surface area contributed by atoms with Gasteiger partial charge in [-0.15, -0.1) is 0 Å². The Kier molecular flexibility index (Phi) is 6.48. The highest BCUT2D eigenvalue weighted by Crippen LogP contribution is 2.22. The van der Waals surface area contributed by atoms with E-state index in [-0.39, 0.29) is 11.9 Å². The van der Waals surface area contributed by atoms with Crippen molar-refractivity contribution in [3.8, 4) is 0 Å². The molecule has 0 aromatic carbocycles. The molecule has 2 unspecified atom stereocenters. The summed E-state index contributed by atoms with van der Waals surface area (Å²) in [6.07, 6.45) is 5.01. The van der Waals surface area contributed by atoms with Crippen LogP contribution in [0.15, 0.2) is 0 Å². The maximum absolute atomic E-state index is 12.2. The second kappa shape index (κ2) is 7.23. The molecule has 0 radical (unpaired) electrons. The first-order chi connectivity index (χ1) is 9.13. The first kappa shape index (κ1) is 17.9. The van der Waals surface area contributed by atoms with Crippen LogP contribution in [0.4, 0.5) is 0 Å². The predicted octanol–water partition coefficient (Wildman–Crippen LogP) is 2.22. The molecule has 1 saturated heterocycles. The maximum atomic E-state index is 12.2. The largest absolute Gasteiger partial charge is 0.393 e. The highest BCUT2D eigenvalue weighted by molar-refractivity contribution is 7.92. The SMILES string of the molecule is CC(O)CC1CCCCCN1CCS(=O)(=O)C(C)(C)C. The van der Waals surface area contributed by atoms with E-state index < -0.39 is 14.6 Å². The Morgan fingerprint density at radius 2 is 1.90 bits per heavy atom. The molecule has 1 N–H and O–H groups in total. The number of sulfone groups is 1. The van der Waals surface area contributed by atoms with E-state index in [1.54, 1.807) is 20.8 Å². The summed E-state index contributed by atoms with van der Waals surface area (Å²) in [5.74, 6) is 0.215. The fourth-order valence-corrected chi connectivity index (χ4v) is 3.82. The lowest BCUT2D eigenvalue weighted by atomic mass is 10.0. The van der Waals surface area contributed by atoms with Gasteiger partial charge in [0, 0.05) is 12.6 Å². The molecule has 2 atom stereocenters. The van der Waals surface area contributed by atoms with Gasteiger partial charge in [0.1, 0.15) is 0 Å². The molecule has 5 heteroatoms. The second-order valence-corrected chi connectivity index (χ2v) is 9.92. The van der Waals surface area contributed by atoms with Gasteiger partial charge in [-0.3, -0.25) is 4.90 Å². The summed E-state index contributed by atoms with van der Waals surface area (Å²) < 4.78 is 23.8. The molecule has 0 amide bonds. The minimum absolute atomic E-state index is 0.215. The van der Waals surface area contributed by atoms with Crippen molar-refractivity contribution in [2.24, 2.45) is 0 Å². The van der Waals surface area contributed by atoms with Crippen molar-refractivity contribution >= 4 is 9.84 Å². The first-order valence-corrected chi connectivity index (χ1v) is 9.43.